The topological polar surface area (TPSA) is 83.5 Å². The van der Waals surface area contributed by atoms with E-state index in [1.165, 1.54) is 11.3 Å². The third-order valence-corrected chi connectivity index (χ3v) is 6.05. The molecule has 172 valence electrons. The summed E-state index contributed by atoms with van der Waals surface area (Å²) >= 11 is 1.47. The molecule has 0 fully saturated rings. The van der Waals surface area contributed by atoms with E-state index in [-0.39, 0.29) is 25.6 Å². The molecule has 2 aromatic carbocycles. The first-order valence-electron chi connectivity index (χ1n) is 10.3. The molecule has 7 nitrogen and oxygen atoms in total. The van der Waals surface area contributed by atoms with E-state index in [9.17, 15) is 9.90 Å². The molecule has 0 amide bonds. The van der Waals surface area contributed by atoms with Crippen LogP contribution in [0.4, 0.5) is 0 Å². The van der Waals surface area contributed by atoms with Crippen molar-refractivity contribution in [3.63, 3.8) is 0 Å². The first-order chi connectivity index (χ1) is 16.0. The van der Waals surface area contributed by atoms with E-state index < -0.39 is 5.97 Å². The van der Waals surface area contributed by atoms with E-state index in [1.54, 1.807) is 51.5 Å². The molecule has 2 heterocycles. The molecular formula is C25H24O7S. The van der Waals surface area contributed by atoms with Crippen LogP contribution in [0.2, 0.25) is 0 Å². The van der Waals surface area contributed by atoms with Crippen LogP contribution in [0.5, 0.6) is 28.7 Å². The van der Waals surface area contributed by atoms with Crippen LogP contribution >= 0.6 is 11.3 Å². The number of fused-ring (bicyclic) bond motifs is 1. The smallest absolute Gasteiger partial charge is 0.334 e. The summed E-state index contributed by atoms with van der Waals surface area (Å²) < 4.78 is 26.9. The van der Waals surface area contributed by atoms with Crippen LogP contribution in [0, 0.1) is 0 Å². The Morgan fingerprint density at radius 1 is 1.09 bits per heavy atom. The van der Waals surface area contributed by atoms with E-state index in [4.69, 9.17) is 23.7 Å². The minimum Gasteiger partial charge on any atom is -0.507 e. The second-order valence-corrected chi connectivity index (χ2v) is 8.11. The van der Waals surface area contributed by atoms with Crippen molar-refractivity contribution in [1.82, 2.24) is 0 Å². The predicted molar refractivity (Wildman–Crippen MR) is 125 cm³/mol. The number of rotatable bonds is 8. The van der Waals surface area contributed by atoms with Gasteiger partial charge in [0.1, 0.15) is 17.2 Å². The summed E-state index contributed by atoms with van der Waals surface area (Å²) in [6.45, 7) is 2.17. The van der Waals surface area contributed by atoms with Crippen LogP contribution in [-0.2, 0) is 16.0 Å². The SMILES string of the molecule is CCOC(=O)C(=Cc1sccc1-c1ccc(OC)cc1O)Cc1cc2c(cc1OC)OCO2. The molecule has 0 saturated carbocycles. The summed E-state index contributed by atoms with van der Waals surface area (Å²) in [5.41, 5.74) is 2.67. The highest BCUT2D eigenvalue weighted by Gasteiger charge is 2.22. The summed E-state index contributed by atoms with van der Waals surface area (Å²) in [6, 6.07) is 10.6. The molecule has 1 aliphatic rings. The normalized spacial score (nSPS) is 12.5. The van der Waals surface area contributed by atoms with Gasteiger partial charge in [0.25, 0.3) is 0 Å². The van der Waals surface area contributed by atoms with Crippen molar-refractivity contribution in [3.8, 4) is 39.9 Å². The Bertz CT molecular complexity index is 1200. The van der Waals surface area contributed by atoms with E-state index in [0.29, 0.717) is 34.1 Å². The van der Waals surface area contributed by atoms with Crippen molar-refractivity contribution in [2.24, 2.45) is 0 Å². The number of methoxy groups -OCH3 is 2. The van der Waals surface area contributed by atoms with Crippen molar-refractivity contribution >= 4 is 23.4 Å². The molecule has 0 unspecified atom stereocenters. The second kappa shape index (κ2) is 9.87. The summed E-state index contributed by atoms with van der Waals surface area (Å²) in [5, 5.41) is 12.4. The maximum absolute atomic E-state index is 12.9. The van der Waals surface area contributed by atoms with Gasteiger partial charge >= 0.3 is 5.97 Å². The van der Waals surface area contributed by atoms with Gasteiger partial charge < -0.3 is 28.8 Å². The van der Waals surface area contributed by atoms with Crippen molar-refractivity contribution in [2.45, 2.75) is 13.3 Å². The monoisotopic (exact) mass is 468 g/mol. The fourth-order valence-electron chi connectivity index (χ4n) is 3.58. The molecule has 4 rings (SSSR count). The Hall–Kier alpha value is -3.65. The fourth-order valence-corrected chi connectivity index (χ4v) is 4.45. The first kappa shape index (κ1) is 22.5. The molecule has 0 aliphatic carbocycles. The molecule has 1 aliphatic heterocycles. The molecule has 0 radical (unpaired) electrons. The summed E-state index contributed by atoms with van der Waals surface area (Å²) in [6.07, 6.45) is 2.07. The molecule has 1 aromatic heterocycles. The van der Waals surface area contributed by atoms with Gasteiger partial charge in [-0.3, -0.25) is 0 Å². The van der Waals surface area contributed by atoms with Crippen molar-refractivity contribution in [2.75, 3.05) is 27.6 Å². The molecule has 0 atom stereocenters. The van der Waals surface area contributed by atoms with Gasteiger partial charge in [0.05, 0.1) is 20.8 Å². The molecular weight excluding hydrogens is 444 g/mol. The van der Waals surface area contributed by atoms with Crippen LogP contribution in [0.3, 0.4) is 0 Å². The van der Waals surface area contributed by atoms with Gasteiger partial charge in [0, 0.05) is 45.7 Å². The Morgan fingerprint density at radius 2 is 1.88 bits per heavy atom. The zero-order valence-corrected chi connectivity index (χ0v) is 19.4. The number of phenolic OH excluding ortho intramolecular Hbond substituents is 1. The molecule has 3 aromatic rings. The van der Waals surface area contributed by atoms with E-state index in [1.807, 2.05) is 17.5 Å². The van der Waals surface area contributed by atoms with Crippen LogP contribution in [-0.4, -0.2) is 38.7 Å². The number of carbonyl (C=O) groups excluding carboxylic acids is 1. The first-order valence-corrected chi connectivity index (χ1v) is 11.2. The van der Waals surface area contributed by atoms with Crippen LogP contribution < -0.4 is 18.9 Å². The second-order valence-electron chi connectivity index (χ2n) is 7.17. The standard InChI is InChI=1S/C25H24O7S/c1-4-30-25(27)16(9-15-10-22-23(32-14-31-22)13-21(15)29-3)11-24-19(7-8-33-24)18-6-5-17(28-2)12-20(18)26/h5-8,10-13,26H,4,9,14H2,1-3H3. The molecule has 8 heteroatoms. The average Bonchev–Trinajstić information content (AvgIpc) is 3.47. The summed E-state index contributed by atoms with van der Waals surface area (Å²) in [7, 11) is 3.11. The molecule has 0 bridgehead atoms. The van der Waals surface area contributed by atoms with E-state index in [0.717, 1.165) is 16.0 Å². The van der Waals surface area contributed by atoms with Gasteiger partial charge in [0.2, 0.25) is 6.79 Å². The number of ether oxygens (including phenoxy) is 5. The van der Waals surface area contributed by atoms with Gasteiger partial charge in [-0.05, 0) is 42.6 Å². The Morgan fingerprint density at radius 3 is 2.58 bits per heavy atom. The fraction of sp³-hybridized carbons (Fsp3) is 0.240. The Kier molecular flexibility index (Phi) is 6.74. The average molecular weight is 469 g/mol. The van der Waals surface area contributed by atoms with E-state index in [2.05, 4.69) is 0 Å². The van der Waals surface area contributed by atoms with Crippen molar-refractivity contribution < 1.29 is 33.6 Å². The lowest BCUT2D eigenvalue weighted by Crippen LogP contribution is -2.10. The summed E-state index contributed by atoms with van der Waals surface area (Å²) in [4.78, 5) is 13.7. The molecule has 1 N–H and O–H groups in total. The highest BCUT2D eigenvalue weighted by Crippen LogP contribution is 2.40. The Labute approximate surface area is 195 Å². The third-order valence-electron chi connectivity index (χ3n) is 5.19. The number of carbonyl (C=O) groups is 1. The molecule has 0 spiro atoms. The third kappa shape index (κ3) is 4.75. The number of aromatic hydroxyl groups is 1. The van der Waals surface area contributed by atoms with Gasteiger partial charge in [0.15, 0.2) is 11.5 Å². The highest BCUT2D eigenvalue weighted by molar-refractivity contribution is 7.11. The number of hydrogen-bond donors (Lipinski definition) is 1. The Balaban J connectivity index is 1.74. The largest absolute Gasteiger partial charge is 0.507 e. The van der Waals surface area contributed by atoms with Crippen molar-refractivity contribution in [3.05, 3.63) is 57.8 Å². The zero-order valence-electron chi connectivity index (χ0n) is 18.5. The number of esters is 1. The number of hydrogen-bond acceptors (Lipinski definition) is 8. The van der Waals surface area contributed by atoms with Crippen molar-refractivity contribution in [1.29, 1.82) is 0 Å². The summed E-state index contributed by atoms with van der Waals surface area (Å²) in [5.74, 6) is 2.04. The highest BCUT2D eigenvalue weighted by atomic mass is 32.1. The zero-order chi connectivity index (χ0) is 23.4. The van der Waals surface area contributed by atoms with Gasteiger partial charge in [-0.15, -0.1) is 11.3 Å². The quantitative estimate of drug-likeness (QED) is 0.366. The van der Waals surface area contributed by atoms with Gasteiger partial charge in [-0.25, -0.2) is 4.79 Å². The lowest BCUT2D eigenvalue weighted by Gasteiger charge is -2.12. The van der Waals surface area contributed by atoms with E-state index >= 15 is 0 Å². The van der Waals surface area contributed by atoms with Crippen LogP contribution in [0.1, 0.15) is 17.4 Å². The number of phenols is 1. The lowest BCUT2D eigenvalue weighted by atomic mass is 10.00. The number of benzene rings is 2. The minimum absolute atomic E-state index is 0.0949. The van der Waals surface area contributed by atoms with Gasteiger partial charge in [-0.1, -0.05) is 0 Å². The van der Waals surface area contributed by atoms with Crippen LogP contribution in [0.15, 0.2) is 47.4 Å². The predicted octanol–water partition coefficient (Wildman–Crippen LogP) is 5.06. The molecule has 0 saturated heterocycles. The lowest BCUT2D eigenvalue weighted by molar-refractivity contribution is -0.138. The maximum Gasteiger partial charge on any atom is 0.334 e. The number of thiophene rings is 1. The maximum atomic E-state index is 12.9. The van der Waals surface area contributed by atoms with Crippen LogP contribution in [0.25, 0.3) is 17.2 Å². The molecule has 33 heavy (non-hydrogen) atoms. The van der Waals surface area contributed by atoms with Gasteiger partial charge in [-0.2, -0.15) is 0 Å². The minimum atomic E-state index is -0.421.